The van der Waals surface area contributed by atoms with Crippen LogP contribution in [0.15, 0.2) is 35.2 Å². The number of nitrogens with zero attached hydrogens (tertiary/aromatic N) is 5. The van der Waals surface area contributed by atoms with Gasteiger partial charge in [-0.05, 0) is 51.1 Å². The zero-order valence-electron chi connectivity index (χ0n) is 17.1. The summed E-state index contributed by atoms with van der Waals surface area (Å²) in [6, 6.07) is 7.00. The van der Waals surface area contributed by atoms with Gasteiger partial charge in [-0.25, -0.2) is 23.1 Å². The second-order valence-corrected chi connectivity index (χ2v) is 8.40. The minimum Gasteiger partial charge on any atom is -0.320 e. The van der Waals surface area contributed by atoms with Gasteiger partial charge in [0.1, 0.15) is 5.69 Å². The molecule has 1 aromatic carbocycles. The van der Waals surface area contributed by atoms with E-state index in [1.807, 2.05) is 0 Å². The minimum absolute atomic E-state index is 0.0474. The van der Waals surface area contributed by atoms with Gasteiger partial charge >= 0.3 is 5.69 Å². The first-order valence-electron chi connectivity index (χ1n) is 8.92. The van der Waals surface area contributed by atoms with Crippen LogP contribution < -0.4 is 10.0 Å². The van der Waals surface area contributed by atoms with E-state index < -0.39 is 26.5 Å². The maximum Gasteiger partial charge on any atom is 0.322 e. The van der Waals surface area contributed by atoms with Crippen LogP contribution in [0.2, 0.25) is 0 Å². The first kappa shape index (κ1) is 21.8. The average Bonchev–Trinajstić information content (AvgIpc) is 2.95. The number of nitrogens with one attached hydrogen (secondary N) is 2. The topological polar surface area (TPSA) is 162 Å². The monoisotopic (exact) mass is 445 g/mol. The SMILES string of the molecule is Cc1cc(C)nc(NS(=O)(=O)c2ccc(NC(=O)c3c([N+](=O)[O-])c(C)nn3C)cc2)n1. The van der Waals surface area contributed by atoms with Crippen LogP contribution in [0.4, 0.5) is 17.3 Å². The van der Waals surface area contributed by atoms with Crippen LogP contribution in [-0.2, 0) is 17.1 Å². The number of aromatic nitrogens is 4. The fraction of sp³-hybridized carbons (Fsp3) is 0.222. The molecular formula is C18H19N7O5S. The molecule has 2 heterocycles. The summed E-state index contributed by atoms with van der Waals surface area (Å²) in [4.78, 5) is 31.1. The predicted molar refractivity (Wildman–Crippen MR) is 111 cm³/mol. The van der Waals surface area contributed by atoms with Gasteiger partial charge in [-0.3, -0.25) is 19.6 Å². The second-order valence-electron chi connectivity index (χ2n) is 6.72. The molecule has 0 aliphatic carbocycles. The molecule has 3 aromatic rings. The Bertz CT molecular complexity index is 1260. The molecule has 2 aromatic heterocycles. The van der Waals surface area contributed by atoms with Crippen LogP contribution in [0.3, 0.4) is 0 Å². The summed E-state index contributed by atoms with van der Waals surface area (Å²) in [5.41, 5.74) is 0.980. The highest BCUT2D eigenvalue weighted by molar-refractivity contribution is 7.92. The van der Waals surface area contributed by atoms with Crippen molar-refractivity contribution in [1.29, 1.82) is 0 Å². The second kappa shape index (κ2) is 8.10. The third-order valence-corrected chi connectivity index (χ3v) is 5.56. The number of nitro groups is 1. The van der Waals surface area contributed by atoms with Crippen LogP contribution in [0.1, 0.15) is 27.6 Å². The predicted octanol–water partition coefficient (Wildman–Crippen LogP) is 2.10. The van der Waals surface area contributed by atoms with Crippen molar-refractivity contribution < 1.29 is 18.1 Å². The molecule has 0 radical (unpaired) electrons. The van der Waals surface area contributed by atoms with Gasteiger partial charge in [-0.1, -0.05) is 0 Å². The Labute approximate surface area is 177 Å². The number of carbonyl (C=O) groups is 1. The zero-order valence-corrected chi connectivity index (χ0v) is 17.9. The van der Waals surface area contributed by atoms with E-state index in [2.05, 4.69) is 25.1 Å². The third-order valence-electron chi connectivity index (χ3n) is 4.22. The van der Waals surface area contributed by atoms with Crippen molar-refractivity contribution >= 4 is 33.3 Å². The number of hydrogen-bond donors (Lipinski definition) is 2. The number of hydrogen-bond acceptors (Lipinski definition) is 8. The number of amides is 1. The van der Waals surface area contributed by atoms with Crippen molar-refractivity contribution in [3.63, 3.8) is 0 Å². The number of anilines is 2. The smallest absolute Gasteiger partial charge is 0.320 e. The lowest BCUT2D eigenvalue weighted by molar-refractivity contribution is -0.385. The highest BCUT2D eigenvalue weighted by Crippen LogP contribution is 2.24. The van der Waals surface area contributed by atoms with E-state index >= 15 is 0 Å². The molecule has 0 aliphatic heterocycles. The van der Waals surface area contributed by atoms with Gasteiger partial charge in [0.05, 0.1) is 9.82 Å². The van der Waals surface area contributed by atoms with Gasteiger partial charge in [-0.15, -0.1) is 0 Å². The fourth-order valence-corrected chi connectivity index (χ4v) is 3.92. The maximum absolute atomic E-state index is 12.6. The quantitative estimate of drug-likeness (QED) is 0.430. The molecule has 0 fully saturated rings. The van der Waals surface area contributed by atoms with Gasteiger partial charge in [-0.2, -0.15) is 5.10 Å². The summed E-state index contributed by atoms with van der Waals surface area (Å²) < 4.78 is 28.6. The Morgan fingerprint density at radius 2 is 1.68 bits per heavy atom. The van der Waals surface area contributed by atoms with Crippen molar-refractivity contribution in [3.05, 3.63) is 63.2 Å². The van der Waals surface area contributed by atoms with E-state index in [0.717, 1.165) is 4.68 Å². The Morgan fingerprint density at radius 3 is 2.23 bits per heavy atom. The first-order chi connectivity index (χ1) is 14.5. The molecule has 0 atom stereocenters. The normalized spacial score (nSPS) is 11.2. The molecule has 31 heavy (non-hydrogen) atoms. The van der Waals surface area contributed by atoms with Crippen LogP contribution in [0, 0.1) is 30.9 Å². The standard InChI is InChI=1S/C18H19N7O5S/c1-10-9-11(2)20-18(19-10)23-31(29,30)14-7-5-13(6-8-14)21-17(26)16-15(25(27)28)12(3)22-24(16)4/h5-9H,1-4H3,(H,21,26)(H,19,20,23). The minimum atomic E-state index is -3.96. The van der Waals surface area contributed by atoms with Gasteiger partial charge in [0.15, 0.2) is 0 Å². The Balaban J connectivity index is 1.80. The maximum atomic E-state index is 12.6. The average molecular weight is 445 g/mol. The van der Waals surface area contributed by atoms with E-state index in [4.69, 9.17) is 0 Å². The van der Waals surface area contributed by atoms with Crippen LogP contribution >= 0.6 is 0 Å². The van der Waals surface area contributed by atoms with Crippen molar-refractivity contribution in [3.8, 4) is 0 Å². The molecule has 0 saturated heterocycles. The molecule has 0 aliphatic rings. The molecule has 162 valence electrons. The Kier molecular flexibility index (Phi) is 5.71. The number of carbonyl (C=O) groups excluding carboxylic acids is 1. The summed E-state index contributed by atoms with van der Waals surface area (Å²) in [5.74, 6) is -0.791. The molecule has 0 unspecified atom stereocenters. The largest absolute Gasteiger partial charge is 0.322 e. The molecule has 13 heteroatoms. The summed E-state index contributed by atoms with van der Waals surface area (Å²) in [5, 5.41) is 17.7. The zero-order chi connectivity index (χ0) is 22.9. The van der Waals surface area contributed by atoms with Gasteiger partial charge in [0.25, 0.3) is 15.9 Å². The lowest BCUT2D eigenvalue weighted by atomic mass is 10.2. The Morgan fingerprint density at radius 1 is 1.10 bits per heavy atom. The lowest BCUT2D eigenvalue weighted by Crippen LogP contribution is -2.18. The first-order valence-corrected chi connectivity index (χ1v) is 10.4. The van der Waals surface area contributed by atoms with Crippen LogP contribution in [-0.4, -0.2) is 39.0 Å². The molecule has 12 nitrogen and oxygen atoms in total. The van der Waals surface area contributed by atoms with Crippen LogP contribution in [0.25, 0.3) is 0 Å². The van der Waals surface area contributed by atoms with Crippen molar-refractivity contribution in [2.75, 3.05) is 10.0 Å². The molecule has 0 saturated carbocycles. The molecule has 3 rings (SSSR count). The highest BCUT2D eigenvalue weighted by Gasteiger charge is 2.29. The van der Waals surface area contributed by atoms with E-state index in [-0.39, 0.29) is 27.9 Å². The fourth-order valence-electron chi connectivity index (χ4n) is 2.98. The summed E-state index contributed by atoms with van der Waals surface area (Å²) in [7, 11) is -2.53. The molecule has 0 bridgehead atoms. The number of rotatable bonds is 6. The van der Waals surface area contributed by atoms with Gasteiger partial charge in [0.2, 0.25) is 11.6 Å². The number of benzene rings is 1. The Hall–Kier alpha value is -3.87. The number of sulfonamides is 1. The van der Waals surface area contributed by atoms with E-state index in [1.165, 1.54) is 38.2 Å². The molecule has 1 amide bonds. The summed E-state index contributed by atoms with van der Waals surface area (Å²) in [6.45, 7) is 4.87. The van der Waals surface area contributed by atoms with Crippen molar-refractivity contribution in [1.82, 2.24) is 19.7 Å². The van der Waals surface area contributed by atoms with E-state index in [1.54, 1.807) is 19.9 Å². The summed E-state index contributed by atoms with van der Waals surface area (Å²) >= 11 is 0. The van der Waals surface area contributed by atoms with E-state index in [0.29, 0.717) is 11.4 Å². The highest BCUT2D eigenvalue weighted by atomic mass is 32.2. The van der Waals surface area contributed by atoms with Crippen molar-refractivity contribution in [2.45, 2.75) is 25.7 Å². The van der Waals surface area contributed by atoms with E-state index in [9.17, 15) is 23.3 Å². The molecule has 0 spiro atoms. The number of aryl methyl sites for hydroxylation is 4. The third kappa shape index (κ3) is 4.66. The molecule has 2 N–H and O–H groups in total. The van der Waals surface area contributed by atoms with Gasteiger partial charge < -0.3 is 5.32 Å². The summed E-state index contributed by atoms with van der Waals surface area (Å²) in [6.07, 6.45) is 0. The van der Waals surface area contributed by atoms with Crippen LogP contribution in [0.5, 0.6) is 0 Å². The van der Waals surface area contributed by atoms with Gasteiger partial charge in [0, 0.05) is 24.1 Å². The molecular weight excluding hydrogens is 426 g/mol. The lowest BCUT2D eigenvalue weighted by Gasteiger charge is -2.09. The van der Waals surface area contributed by atoms with Crippen molar-refractivity contribution in [2.24, 2.45) is 7.05 Å².